The Bertz CT molecular complexity index is 667. The topological polar surface area (TPSA) is 47.2 Å². The Morgan fingerprint density at radius 2 is 2.09 bits per heavy atom. The number of aromatic amines is 1. The van der Waals surface area contributed by atoms with Crippen molar-refractivity contribution in [3.8, 4) is 0 Å². The molecule has 2 N–H and O–H groups in total. The SMILES string of the molecule is Cc1ccc([C@@H]2[C@@H](c3ccccn3)NC(=S)N2CCN(C)C)[nH]1. The van der Waals surface area contributed by atoms with Crippen molar-refractivity contribution in [1.29, 1.82) is 0 Å². The lowest BCUT2D eigenvalue weighted by Crippen LogP contribution is -2.35. The number of pyridine rings is 1. The Hall–Kier alpha value is -1.92. The Kier molecular flexibility index (Phi) is 4.63. The van der Waals surface area contributed by atoms with Crippen LogP contribution < -0.4 is 5.32 Å². The summed E-state index contributed by atoms with van der Waals surface area (Å²) in [5.41, 5.74) is 3.34. The van der Waals surface area contributed by atoms with Crippen LogP contribution in [-0.2, 0) is 0 Å². The van der Waals surface area contributed by atoms with Gasteiger partial charge in [-0.05, 0) is 57.5 Å². The van der Waals surface area contributed by atoms with Crippen LogP contribution in [0.4, 0.5) is 0 Å². The maximum absolute atomic E-state index is 5.61. The van der Waals surface area contributed by atoms with Gasteiger partial charge in [-0.1, -0.05) is 6.07 Å². The van der Waals surface area contributed by atoms with E-state index in [0.29, 0.717) is 0 Å². The molecule has 0 aliphatic carbocycles. The van der Waals surface area contributed by atoms with Crippen LogP contribution in [0.5, 0.6) is 0 Å². The molecule has 3 heterocycles. The molecular weight excluding hydrogens is 306 g/mol. The van der Waals surface area contributed by atoms with Gasteiger partial charge in [0, 0.05) is 30.7 Å². The molecule has 5 nitrogen and oxygen atoms in total. The van der Waals surface area contributed by atoms with Crippen LogP contribution in [0, 0.1) is 6.92 Å². The molecule has 1 aliphatic rings. The van der Waals surface area contributed by atoms with Gasteiger partial charge in [0.05, 0.1) is 17.8 Å². The van der Waals surface area contributed by atoms with Crippen LogP contribution in [0.15, 0.2) is 36.5 Å². The third kappa shape index (κ3) is 3.38. The first kappa shape index (κ1) is 16.0. The van der Waals surface area contributed by atoms with E-state index in [1.807, 2.05) is 18.3 Å². The number of rotatable bonds is 5. The number of hydrogen-bond acceptors (Lipinski definition) is 3. The lowest BCUT2D eigenvalue weighted by atomic mass is 10.0. The van der Waals surface area contributed by atoms with Crippen LogP contribution in [-0.4, -0.2) is 52.1 Å². The van der Waals surface area contributed by atoms with Crippen molar-refractivity contribution in [3.63, 3.8) is 0 Å². The number of H-pyrrole nitrogens is 1. The number of thiocarbonyl (C=S) groups is 1. The Balaban J connectivity index is 1.94. The van der Waals surface area contributed by atoms with Crippen molar-refractivity contribution in [2.24, 2.45) is 0 Å². The summed E-state index contributed by atoms with van der Waals surface area (Å²) in [4.78, 5) is 12.4. The lowest BCUT2D eigenvalue weighted by molar-refractivity contribution is 0.274. The normalized spacial score (nSPS) is 21.0. The van der Waals surface area contributed by atoms with Gasteiger partial charge in [-0.3, -0.25) is 4.98 Å². The molecule has 2 atom stereocenters. The van der Waals surface area contributed by atoms with Crippen molar-refractivity contribution in [1.82, 2.24) is 25.1 Å². The minimum Gasteiger partial charge on any atom is -0.361 e. The minimum atomic E-state index is 0.0592. The zero-order valence-corrected chi connectivity index (χ0v) is 14.6. The Morgan fingerprint density at radius 3 is 2.70 bits per heavy atom. The average molecular weight is 329 g/mol. The van der Waals surface area contributed by atoms with Gasteiger partial charge < -0.3 is 20.1 Å². The van der Waals surface area contributed by atoms with E-state index in [-0.39, 0.29) is 12.1 Å². The highest BCUT2D eigenvalue weighted by atomic mass is 32.1. The standard InChI is InChI=1S/C17H23N5S/c1-12-7-8-14(19-12)16-15(13-6-4-5-9-18-13)20-17(23)22(16)11-10-21(2)3/h4-9,15-16,19H,10-11H2,1-3H3,(H,20,23)/t15-,16-/m1/s1. The van der Waals surface area contributed by atoms with Gasteiger partial charge in [0.25, 0.3) is 0 Å². The van der Waals surface area contributed by atoms with Crippen molar-refractivity contribution >= 4 is 17.3 Å². The van der Waals surface area contributed by atoms with E-state index in [1.165, 1.54) is 5.69 Å². The fourth-order valence-electron chi connectivity index (χ4n) is 2.99. The van der Waals surface area contributed by atoms with Gasteiger partial charge in [0.1, 0.15) is 0 Å². The number of likely N-dealkylation sites (N-methyl/N-ethyl adjacent to an activating group) is 1. The van der Waals surface area contributed by atoms with E-state index in [2.05, 4.69) is 64.3 Å². The number of aromatic nitrogens is 2. The second kappa shape index (κ2) is 6.68. The Labute approximate surface area is 142 Å². The Morgan fingerprint density at radius 1 is 1.26 bits per heavy atom. The number of nitrogens with zero attached hydrogens (tertiary/aromatic N) is 3. The van der Waals surface area contributed by atoms with Gasteiger partial charge in [-0.15, -0.1) is 0 Å². The molecule has 0 aromatic carbocycles. The van der Waals surface area contributed by atoms with E-state index in [4.69, 9.17) is 12.2 Å². The van der Waals surface area contributed by atoms with Crippen LogP contribution in [0.1, 0.15) is 29.2 Å². The second-order valence-corrected chi connectivity index (χ2v) is 6.61. The van der Waals surface area contributed by atoms with Crippen molar-refractivity contribution < 1.29 is 0 Å². The van der Waals surface area contributed by atoms with E-state index in [0.717, 1.165) is 29.6 Å². The first-order chi connectivity index (χ1) is 11.1. The van der Waals surface area contributed by atoms with Gasteiger partial charge in [0.2, 0.25) is 0 Å². The third-order valence-electron chi connectivity index (χ3n) is 4.16. The molecular formula is C17H23N5S. The molecule has 0 bridgehead atoms. The third-order valence-corrected chi connectivity index (χ3v) is 4.51. The lowest BCUT2D eigenvalue weighted by Gasteiger charge is -2.28. The summed E-state index contributed by atoms with van der Waals surface area (Å²) < 4.78 is 0. The van der Waals surface area contributed by atoms with Gasteiger partial charge in [0.15, 0.2) is 5.11 Å². The van der Waals surface area contributed by atoms with Gasteiger partial charge in [-0.2, -0.15) is 0 Å². The van der Waals surface area contributed by atoms with Gasteiger partial charge >= 0.3 is 0 Å². The predicted molar refractivity (Wildman–Crippen MR) is 96.2 cm³/mol. The van der Waals surface area contributed by atoms with Crippen LogP contribution in [0.25, 0.3) is 0 Å². The fourth-order valence-corrected chi connectivity index (χ4v) is 3.32. The monoisotopic (exact) mass is 329 g/mol. The average Bonchev–Trinajstić information content (AvgIpc) is 3.09. The zero-order chi connectivity index (χ0) is 16.4. The van der Waals surface area contributed by atoms with Crippen molar-refractivity contribution in [2.75, 3.05) is 27.2 Å². The smallest absolute Gasteiger partial charge is 0.170 e. The molecule has 2 aromatic heterocycles. The van der Waals surface area contributed by atoms with E-state index < -0.39 is 0 Å². The molecule has 1 aliphatic heterocycles. The summed E-state index contributed by atoms with van der Waals surface area (Å²) in [6.07, 6.45) is 1.83. The quantitative estimate of drug-likeness (QED) is 0.824. The molecule has 0 spiro atoms. The second-order valence-electron chi connectivity index (χ2n) is 6.22. The number of aryl methyl sites for hydroxylation is 1. The van der Waals surface area contributed by atoms with Gasteiger partial charge in [-0.25, -0.2) is 0 Å². The molecule has 6 heteroatoms. The summed E-state index contributed by atoms with van der Waals surface area (Å²) >= 11 is 5.61. The molecule has 2 aromatic rings. The number of hydrogen-bond donors (Lipinski definition) is 2. The van der Waals surface area contributed by atoms with E-state index in [1.54, 1.807) is 0 Å². The first-order valence-electron chi connectivity index (χ1n) is 7.84. The predicted octanol–water partition coefficient (Wildman–Crippen LogP) is 2.25. The van der Waals surface area contributed by atoms with Crippen LogP contribution in [0.2, 0.25) is 0 Å². The van der Waals surface area contributed by atoms with Crippen molar-refractivity contribution in [2.45, 2.75) is 19.0 Å². The summed E-state index contributed by atoms with van der Waals surface area (Å²) in [5, 5.41) is 4.25. The molecule has 0 amide bonds. The summed E-state index contributed by atoms with van der Waals surface area (Å²) in [6, 6.07) is 10.5. The molecule has 122 valence electrons. The minimum absolute atomic E-state index is 0.0592. The highest BCUT2D eigenvalue weighted by molar-refractivity contribution is 7.80. The summed E-state index contributed by atoms with van der Waals surface area (Å²) in [7, 11) is 4.16. The molecule has 23 heavy (non-hydrogen) atoms. The molecule has 0 saturated carbocycles. The molecule has 1 fully saturated rings. The molecule has 0 unspecified atom stereocenters. The zero-order valence-electron chi connectivity index (χ0n) is 13.8. The van der Waals surface area contributed by atoms with Crippen molar-refractivity contribution in [3.05, 3.63) is 53.6 Å². The summed E-state index contributed by atoms with van der Waals surface area (Å²) in [6.45, 7) is 3.90. The van der Waals surface area contributed by atoms with E-state index >= 15 is 0 Å². The molecule has 3 rings (SSSR count). The molecule has 0 radical (unpaired) electrons. The fraction of sp³-hybridized carbons (Fsp3) is 0.412. The maximum Gasteiger partial charge on any atom is 0.170 e. The maximum atomic E-state index is 5.61. The molecule has 1 saturated heterocycles. The largest absolute Gasteiger partial charge is 0.361 e. The van der Waals surface area contributed by atoms with Crippen LogP contribution in [0.3, 0.4) is 0 Å². The van der Waals surface area contributed by atoms with E-state index in [9.17, 15) is 0 Å². The summed E-state index contributed by atoms with van der Waals surface area (Å²) in [5.74, 6) is 0. The number of nitrogens with one attached hydrogen (secondary N) is 2. The van der Waals surface area contributed by atoms with Crippen LogP contribution >= 0.6 is 12.2 Å². The first-order valence-corrected chi connectivity index (χ1v) is 8.25. The highest BCUT2D eigenvalue weighted by Gasteiger charge is 2.40. The highest BCUT2D eigenvalue weighted by Crippen LogP contribution is 2.37.